The Morgan fingerprint density at radius 1 is 1.29 bits per heavy atom. The average Bonchev–Trinajstić information content (AvgIpc) is 2.91. The van der Waals surface area contributed by atoms with Gasteiger partial charge in [-0.2, -0.15) is 0 Å². The molecule has 1 saturated carbocycles. The number of rotatable bonds is 7. The van der Waals surface area contributed by atoms with Crippen LogP contribution < -0.4 is 5.32 Å². The number of nitrogens with zero attached hydrogens (tertiary/aromatic N) is 1. The van der Waals surface area contributed by atoms with E-state index < -0.39 is 11.9 Å². The average molecular weight is 300 g/mol. The second-order valence-electron chi connectivity index (χ2n) is 5.14. The monoisotopic (exact) mass is 300 g/mol. The molecule has 0 bridgehead atoms. The number of amides is 2. The van der Waals surface area contributed by atoms with E-state index in [1.807, 2.05) is 0 Å². The van der Waals surface area contributed by atoms with Crippen molar-refractivity contribution in [2.75, 3.05) is 26.2 Å². The topological polar surface area (TPSA) is 95.9 Å². The fourth-order valence-corrected chi connectivity index (χ4v) is 2.63. The zero-order valence-corrected chi connectivity index (χ0v) is 12.6. The lowest BCUT2D eigenvalue weighted by molar-refractivity contribution is -0.144. The standard InChI is InChI=1S/C14H24N2O5/c1-3-16(9-12(17)21-4-2)14(20)15-8-10-6-5-7-11(10)13(18)19/h10-11H,3-9H2,1-2H3,(H,15,20)(H,18,19). The van der Waals surface area contributed by atoms with E-state index in [0.717, 1.165) is 12.8 Å². The molecule has 0 aromatic heterocycles. The van der Waals surface area contributed by atoms with Gasteiger partial charge < -0.3 is 20.1 Å². The second-order valence-corrected chi connectivity index (χ2v) is 5.14. The molecule has 0 aliphatic heterocycles. The van der Waals surface area contributed by atoms with Crippen LogP contribution in [0, 0.1) is 11.8 Å². The van der Waals surface area contributed by atoms with Gasteiger partial charge in [-0.15, -0.1) is 0 Å². The number of hydrogen-bond donors (Lipinski definition) is 2. The van der Waals surface area contributed by atoms with E-state index in [1.54, 1.807) is 13.8 Å². The molecular formula is C14H24N2O5. The minimum absolute atomic E-state index is 0.0345. The molecule has 7 heteroatoms. The van der Waals surface area contributed by atoms with E-state index in [1.165, 1.54) is 4.90 Å². The van der Waals surface area contributed by atoms with Crippen molar-refractivity contribution in [3.8, 4) is 0 Å². The Hall–Kier alpha value is -1.79. The summed E-state index contributed by atoms with van der Waals surface area (Å²) in [4.78, 5) is 35.8. The van der Waals surface area contributed by atoms with Gasteiger partial charge in [0.25, 0.3) is 0 Å². The van der Waals surface area contributed by atoms with Crippen LogP contribution >= 0.6 is 0 Å². The summed E-state index contributed by atoms with van der Waals surface area (Å²) in [6.07, 6.45) is 2.34. The Bertz CT molecular complexity index is 386. The van der Waals surface area contributed by atoms with Gasteiger partial charge in [0.05, 0.1) is 12.5 Å². The molecular weight excluding hydrogens is 276 g/mol. The van der Waals surface area contributed by atoms with Gasteiger partial charge in [0.2, 0.25) is 0 Å². The number of carbonyl (C=O) groups excluding carboxylic acids is 2. The third kappa shape index (κ3) is 5.24. The van der Waals surface area contributed by atoms with Crippen molar-refractivity contribution < 1.29 is 24.2 Å². The van der Waals surface area contributed by atoms with Gasteiger partial charge in [-0.05, 0) is 32.6 Å². The highest BCUT2D eigenvalue weighted by Gasteiger charge is 2.33. The van der Waals surface area contributed by atoms with E-state index in [2.05, 4.69) is 5.32 Å². The largest absolute Gasteiger partial charge is 0.481 e. The quantitative estimate of drug-likeness (QED) is 0.686. The Labute approximate surface area is 124 Å². The van der Waals surface area contributed by atoms with Gasteiger partial charge in [-0.25, -0.2) is 4.79 Å². The van der Waals surface area contributed by atoms with Crippen molar-refractivity contribution in [2.45, 2.75) is 33.1 Å². The highest BCUT2D eigenvalue weighted by atomic mass is 16.5. The van der Waals surface area contributed by atoms with Crippen LogP contribution in [0.1, 0.15) is 33.1 Å². The van der Waals surface area contributed by atoms with Crippen molar-refractivity contribution >= 4 is 18.0 Å². The van der Waals surface area contributed by atoms with Crippen LogP contribution in [0.5, 0.6) is 0 Å². The van der Waals surface area contributed by atoms with Gasteiger partial charge in [-0.3, -0.25) is 9.59 Å². The van der Waals surface area contributed by atoms with Crippen molar-refractivity contribution in [3.63, 3.8) is 0 Å². The number of esters is 1. The van der Waals surface area contributed by atoms with Gasteiger partial charge in [-0.1, -0.05) is 6.42 Å². The maximum Gasteiger partial charge on any atom is 0.325 e. The molecule has 120 valence electrons. The molecule has 1 rings (SSSR count). The summed E-state index contributed by atoms with van der Waals surface area (Å²) in [6, 6.07) is -0.360. The Morgan fingerprint density at radius 3 is 2.57 bits per heavy atom. The molecule has 0 aromatic carbocycles. The van der Waals surface area contributed by atoms with Crippen molar-refractivity contribution in [1.82, 2.24) is 10.2 Å². The minimum atomic E-state index is -0.800. The first-order valence-corrected chi connectivity index (χ1v) is 7.40. The first-order valence-electron chi connectivity index (χ1n) is 7.40. The Balaban J connectivity index is 2.43. The number of carboxylic acids is 1. The number of nitrogens with one attached hydrogen (secondary N) is 1. The molecule has 7 nitrogen and oxygen atoms in total. The van der Waals surface area contributed by atoms with Crippen molar-refractivity contribution in [1.29, 1.82) is 0 Å². The lowest BCUT2D eigenvalue weighted by Gasteiger charge is -2.22. The SMILES string of the molecule is CCOC(=O)CN(CC)C(=O)NCC1CCCC1C(=O)O. The highest BCUT2D eigenvalue weighted by Crippen LogP contribution is 2.31. The Morgan fingerprint density at radius 2 is 2.00 bits per heavy atom. The molecule has 21 heavy (non-hydrogen) atoms. The zero-order chi connectivity index (χ0) is 15.8. The number of aliphatic carboxylic acids is 1. The number of hydrogen-bond acceptors (Lipinski definition) is 4. The van der Waals surface area contributed by atoms with E-state index in [9.17, 15) is 14.4 Å². The molecule has 0 saturated heterocycles. The predicted molar refractivity (Wildman–Crippen MR) is 75.7 cm³/mol. The molecule has 0 aromatic rings. The smallest absolute Gasteiger partial charge is 0.325 e. The molecule has 2 amide bonds. The van der Waals surface area contributed by atoms with E-state index >= 15 is 0 Å². The van der Waals surface area contributed by atoms with E-state index in [4.69, 9.17) is 9.84 Å². The molecule has 1 aliphatic carbocycles. The van der Waals surface area contributed by atoms with E-state index in [-0.39, 0.29) is 31.0 Å². The molecule has 1 aliphatic rings. The van der Waals surface area contributed by atoms with Crippen LogP contribution in [-0.4, -0.2) is 54.2 Å². The van der Waals surface area contributed by atoms with Crippen LogP contribution in [0.2, 0.25) is 0 Å². The fourth-order valence-electron chi connectivity index (χ4n) is 2.63. The summed E-state index contributed by atoms with van der Waals surface area (Å²) in [5.74, 6) is -1.66. The number of carboxylic acid groups (broad SMARTS) is 1. The molecule has 2 N–H and O–H groups in total. The van der Waals surface area contributed by atoms with Crippen LogP contribution in [-0.2, 0) is 14.3 Å². The molecule has 0 heterocycles. The maximum atomic E-state index is 12.0. The summed E-state index contributed by atoms with van der Waals surface area (Å²) in [5.41, 5.74) is 0. The third-order valence-electron chi connectivity index (χ3n) is 3.79. The number of likely N-dealkylation sites (N-methyl/N-ethyl adjacent to an activating group) is 1. The van der Waals surface area contributed by atoms with E-state index in [0.29, 0.717) is 19.5 Å². The summed E-state index contributed by atoms with van der Waals surface area (Å²) in [6.45, 7) is 4.38. The Kier molecular flexibility index (Phi) is 6.98. The molecule has 2 unspecified atom stereocenters. The predicted octanol–water partition coefficient (Wildman–Crippen LogP) is 1.08. The lowest BCUT2D eigenvalue weighted by atomic mass is 9.96. The molecule has 0 radical (unpaired) electrons. The number of ether oxygens (including phenoxy) is 1. The second kappa shape index (κ2) is 8.49. The highest BCUT2D eigenvalue weighted by molar-refractivity contribution is 5.81. The first kappa shape index (κ1) is 17.3. The minimum Gasteiger partial charge on any atom is -0.481 e. The van der Waals surface area contributed by atoms with Gasteiger partial charge in [0, 0.05) is 13.1 Å². The molecule has 2 atom stereocenters. The summed E-state index contributed by atoms with van der Waals surface area (Å²) < 4.78 is 4.81. The van der Waals surface area contributed by atoms with Crippen LogP contribution in [0.25, 0.3) is 0 Å². The first-order chi connectivity index (χ1) is 9.99. The van der Waals surface area contributed by atoms with Crippen LogP contribution in [0.3, 0.4) is 0 Å². The summed E-state index contributed by atoms with van der Waals surface area (Å²) in [7, 11) is 0. The van der Waals surface area contributed by atoms with Crippen LogP contribution in [0.15, 0.2) is 0 Å². The van der Waals surface area contributed by atoms with Gasteiger partial charge >= 0.3 is 18.0 Å². The number of urea groups is 1. The van der Waals surface area contributed by atoms with Crippen molar-refractivity contribution in [2.24, 2.45) is 11.8 Å². The lowest BCUT2D eigenvalue weighted by Crippen LogP contribution is -2.45. The van der Waals surface area contributed by atoms with Gasteiger partial charge in [0.15, 0.2) is 0 Å². The zero-order valence-electron chi connectivity index (χ0n) is 12.6. The molecule has 0 spiro atoms. The summed E-state index contributed by atoms with van der Waals surface area (Å²) in [5, 5.41) is 11.8. The molecule has 1 fully saturated rings. The number of carbonyl (C=O) groups is 3. The van der Waals surface area contributed by atoms with Crippen molar-refractivity contribution in [3.05, 3.63) is 0 Å². The fraction of sp³-hybridized carbons (Fsp3) is 0.786. The van der Waals surface area contributed by atoms with Gasteiger partial charge in [0.1, 0.15) is 6.54 Å². The van der Waals surface area contributed by atoms with Crippen LogP contribution in [0.4, 0.5) is 4.79 Å². The third-order valence-corrected chi connectivity index (χ3v) is 3.79. The normalized spacial score (nSPS) is 20.9. The maximum absolute atomic E-state index is 12.0. The summed E-state index contributed by atoms with van der Waals surface area (Å²) >= 11 is 0.